The summed E-state index contributed by atoms with van der Waals surface area (Å²) in [6, 6.07) is 11.0. The monoisotopic (exact) mass is 239 g/mol. The SMILES string of the molecule is CC1(C)COP(N)(=O)OC1c1cc#ccc1. The van der Waals surface area contributed by atoms with E-state index in [0.29, 0.717) is 6.61 Å². The third kappa shape index (κ3) is 2.28. The maximum atomic E-state index is 11.6. The van der Waals surface area contributed by atoms with Crippen molar-refractivity contribution in [1.29, 1.82) is 0 Å². The zero-order valence-electron chi connectivity index (χ0n) is 9.27. The first-order valence-electron chi connectivity index (χ1n) is 5.00. The van der Waals surface area contributed by atoms with E-state index in [-0.39, 0.29) is 11.5 Å². The van der Waals surface area contributed by atoms with Crippen LogP contribution in [0, 0.1) is 17.5 Å². The van der Waals surface area contributed by atoms with Gasteiger partial charge in [-0.05, 0) is 23.8 Å². The lowest BCUT2D eigenvalue weighted by Gasteiger charge is -2.39. The Balaban J connectivity index is 2.33. The van der Waals surface area contributed by atoms with Gasteiger partial charge in [-0.2, -0.15) is 0 Å². The zero-order chi connectivity index (χ0) is 11.8. The molecule has 0 aromatic heterocycles. The van der Waals surface area contributed by atoms with Gasteiger partial charge < -0.3 is 0 Å². The first kappa shape index (κ1) is 11.6. The fraction of sp³-hybridized carbons (Fsp3) is 0.455. The predicted molar refractivity (Wildman–Crippen MR) is 59.5 cm³/mol. The second kappa shape index (κ2) is 3.87. The van der Waals surface area contributed by atoms with Crippen LogP contribution in [0.3, 0.4) is 0 Å². The van der Waals surface area contributed by atoms with Crippen LogP contribution in [0.4, 0.5) is 0 Å². The average Bonchev–Trinajstić information content (AvgIpc) is 2.24. The van der Waals surface area contributed by atoms with Crippen LogP contribution in [-0.4, -0.2) is 6.61 Å². The molecular weight excluding hydrogens is 225 g/mol. The highest BCUT2D eigenvalue weighted by molar-refractivity contribution is 7.51. The molecule has 0 bridgehead atoms. The molecule has 0 saturated carbocycles. The summed E-state index contributed by atoms with van der Waals surface area (Å²) in [5.41, 5.74) is 6.03. The van der Waals surface area contributed by atoms with Gasteiger partial charge in [0.1, 0.15) is 6.10 Å². The van der Waals surface area contributed by atoms with Crippen molar-refractivity contribution < 1.29 is 13.6 Å². The minimum Gasteiger partial charge on any atom is -0.296 e. The van der Waals surface area contributed by atoms with Crippen LogP contribution in [0.25, 0.3) is 0 Å². The molecule has 86 valence electrons. The summed E-state index contributed by atoms with van der Waals surface area (Å²) in [5, 5.41) is 0. The van der Waals surface area contributed by atoms with Crippen LogP contribution in [0.5, 0.6) is 0 Å². The van der Waals surface area contributed by atoms with Gasteiger partial charge in [0, 0.05) is 5.41 Å². The zero-order valence-corrected chi connectivity index (χ0v) is 10.2. The van der Waals surface area contributed by atoms with Crippen molar-refractivity contribution in [1.82, 2.24) is 0 Å². The Morgan fingerprint density at radius 3 is 2.94 bits per heavy atom. The third-order valence-electron chi connectivity index (χ3n) is 2.56. The second-order valence-corrected chi connectivity index (χ2v) is 6.10. The lowest BCUT2D eigenvalue weighted by atomic mass is 9.84. The second-order valence-electron chi connectivity index (χ2n) is 4.55. The molecule has 16 heavy (non-hydrogen) atoms. The maximum Gasteiger partial charge on any atom is 0.403 e. The minimum absolute atomic E-state index is 0.275. The van der Waals surface area contributed by atoms with Gasteiger partial charge >= 0.3 is 7.75 Å². The van der Waals surface area contributed by atoms with Crippen molar-refractivity contribution in [2.24, 2.45) is 10.9 Å². The molecule has 1 fully saturated rings. The van der Waals surface area contributed by atoms with Gasteiger partial charge in [0.2, 0.25) is 0 Å². The number of hydrogen-bond donors (Lipinski definition) is 1. The van der Waals surface area contributed by atoms with Crippen molar-refractivity contribution in [3.63, 3.8) is 0 Å². The van der Waals surface area contributed by atoms with Crippen molar-refractivity contribution in [2.45, 2.75) is 20.0 Å². The summed E-state index contributed by atoms with van der Waals surface area (Å²) in [6.07, 6.45) is -0.345. The Kier molecular flexibility index (Phi) is 2.81. The van der Waals surface area contributed by atoms with Gasteiger partial charge in [-0.1, -0.05) is 26.0 Å². The van der Waals surface area contributed by atoms with Gasteiger partial charge in [0.25, 0.3) is 0 Å². The van der Waals surface area contributed by atoms with Crippen molar-refractivity contribution >= 4 is 7.75 Å². The molecule has 2 unspecified atom stereocenters. The molecule has 1 heterocycles. The maximum absolute atomic E-state index is 11.6. The predicted octanol–water partition coefficient (Wildman–Crippen LogP) is 2.47. The largest absolute Gasteiger partial charge is 0.403 e. The van der Waals surface area contributed by atoms with Gasteiger partial charge in [-0.25, -0.2) is 10.1 Å². The fourth-order valence-electron chi connectivity index (χ4n) is 1.69. The van der Waals surface area contributed by atoms with Gasteiger partial charge in [-0.3, -0.25) is 9.05 Å². The van der Waals surface area contributed by atoms with Crippen molar-refractivity contribution in [2.75, 3.05) is 6.61 Å². The molecule has 1 aromatic carbocycles. The molecule has 0 aliphatic carbocycles. The summed E-state index contributed by atoms with van der Waals surface area (Å²) in [6.45, 7) is 4.27. The van der Waals surface area contributed by atoms with Crippen LogP contribution in [-0.2, 0) is 13.6 Å². The first-order chi connectivity index (χ1) is 7.41. The number of rotatable bonds is 1. The molecule has 0 amide bonds. The Morgan fingerprint density at radius 2 is 2.31 bits per heavy atom. The highest BCUT2D eigenvalue weighted by Crippen LogP contribution is 2.55. The molecule has 1 saturated heterocycles. The first-order valence-corrected chi connectivity index (χ1v) is 6.61. The minimum atomic E-state index is -3.41. The van der Waals surface area contributed by atoms with Crippen LogP contribution < -0.4 is 5.50 Å². The molecular formula is C11H14NO3P. The highest BCUT2D eigenvalue weighted by Gasteiger charge is 2.43. The van der Waals surface area contributed by atoms with Crippen LogP contribution in [0.2, 0.25) is 0 Å². The summed E-state index contributed by atoms with van der Waals surface area (Å²) in [7, 11) is -3.41. The van der Waals surface area contributed by atoms with Crippen LogP contribution >= 0.6 is 7.75 Å². The topological polar surface area (TPSA) is 61.5 Å². The van der Waals surface area contributed by atoms with E-state index in [1.807, 2.05) is 19.9 Å². The van der Waals surface area contributed by atoms with Gasteiger partial charge in [0.15, 0.2) is 0 Å². The molecule has 1 aliphatic rings. The molecule has 2 atom stereocenters. The van der Waals surface area contributed by atoms with E-state index in [4.69, 9.17) is 14.6 Å². The average molecular weight is 239 g/mol. The van der Waals surface area contributed by atoms with E-state index in [2.05, 4.69) is 12.1 Å². The quantitative estimate of drug-likeness (QED) is 0.765. The molecule has 4 nitrogen and oxygen atoms in total. The lowest BCUT2D eigenvalue weighted by molar-refractivity contribution is -0.0267. The Labute approximate surface area is 95.3 Å². The van der Waals surface area contributed by atoms with E-state index in [1.165, 1.54) is 0 Å². The molecule has 2 rings (SSSR count). The summed E-state index contributed by atoms with van der Waals surface area (Å²) in [5.74, 6) is 0. The standard InChI is InChI=1S/C11H14NO3P/c1-11(2)8-14-16(12,13)15-10(11)9-6-4-3-5-7-9/h4,6-7,10H,8H2,1-2H3,(H2,12,13). The molecule has 1 aliphatic heterocycles. The van der Waals surface area contributed by atoms with Gasteiger partial charge in [0.05, 0.1) is 6.61 Å². The fourth-order valence-corrected chi connectivity index (χ4v) is 2.96. The van der Waals surface area contributed by atoms with Crippen LogP contribution in [0.15, 0.2) is 18.2 Å². The molecule has 5 heteroatoms. The Morgan fingerprint density at radius 1 is 1.56 bits per heavy atom. The van der Waals surface area contributed by atoms with E-state index in [0.717, 1.165) is 5.56 Å². The number of nitrogens with two attached hydrogens (primary N) is 1. The molecule has 2 N–H and O–H groups in total. The summed E-state index contributed by atoms with van der Waals surface area (Å²) < 4.78 is 22.0. The smallest absolute Gasteiger partial charge is 0.296 e. The third-order valence-corrected chi connectivity index (χ3v) is 3.56. The molecule has 1 aromatic rings. The van der Waals surface area contributed by atoms with Crippen molar-refractivity contribution in [3.05, 3.63) is 35.9 Å². The van der Waals surface area contributed by atoms with E-state index in [9.17, 15) is 4.57 Å². The normalized spacial score (nSPS) is 33.1. The Hall–Kier alpha value is -0.850. The molecule has 0 radical (unpaired) electrons. The summed E-state index contributed by atoms with van der Waals surface area (Å²) in [4.78, 5) is 0. The van der Waals surface area contributed by atoms with E-state index < -0.39 is 7.75 Å². The summed E-state index contributed by atoms with van der Waals surface area (Å²) >= 11 is 0. The molecule has 0 spiro atoms. The van der Waals surface area contributed by atoms with Crippen LogP contribution in [0.1, 0.15) is 25.5 Å². The number of hydrogen-bond acceptors (Lipinski definition) is 3. The Bertz CT molecular complexity index is 418. The van der Waals surface area contributed by atoms with E-state index in [1.54, 1.807) is 12.1 Å². The lowest BCUT2D eigenvalue weighted by Crippen LogP contribution is -2.34. The van der Waals surface area contributed by atoms with Crippen molar-refractivity contribution in [3.8, 4) is 0 Å². The highest BCUT2D eigenvalue weighted by atomic mass is 31.2. The van der Waals surface area contributed by atoms with E-state index >= 15 is 0 Å². The van der Waals surface area contributed by atoms with Gasteiger partial charge in [-0.15, -0.1) is 0 Å².